The monoisotopic (exact) mass is 436 g/mol. The van der Waals surface area contributed by atoms with Crippen LogP contribution in [-0.4, -0.2) is 20.7 Å². The van der Waals surface area contributed by atoms with E-state index in [1.54, 1.807) is 6.07 Å². The summed E-state index contributed by atoms with van der Waals surface area (Å²) in [6, 6.07) is 4.62. The number of aryl methyl sites for hydroxylation is 1. The minimum Gasteiger partial charge on any atom is -0.323 e. The predicted molar refractivity (Wildman–Crippen MR) is 103 cm³/mol. The average molecular weight is 437 g/mol. The number of benzene rings is 1. The first-order valence-corrected chi connectivity index (χ1v) is 10.3. The largest absolute Gasteiger partial charge is 0.461 e. The van der Waals surface area contributed by atoms with Crippen LogP contribution in [0.15, 0.2) is 23.6 Å². The van der Waals surface area contributed by atoms with E-state index in [1.165, 1.54) is 34.8 Å². The fraction of sp³-hybridized carbons (Fsp3) is 0.267. The predicted octanol–water partition coefficient (Wildman–Crippen LogP) is 6.51. The standard InChI is InChI=1S/C15H12ClF3N4S3/c1-2-3-12-21-22-14(25-12)13-20-11(7-24-13)9-5-4-8(6-10(9)16)23-26-15(17,18)19/h4-7,23H,2-3H2,1H3. The van der Waals surface area contributed by atoms with Crippen LogP contribution in [0, 0.1) is 0 Å². The molecule has 0 spiro atoms. The Morgan fingerprint density at radius 1 is 1.23 bits per heavy atom. The molecule has 0 amide bonds. The highest BCUT2D eigenvalue weighted by atomic mass is 35.5. The molecule has 0 saturated heterocycles. The van der Waals surface area contributed by atoms with Crippen LogP contribution in [0.1, 0.15) is 18.4 Å². The van der Waals surface area contributed by atoms with Crippen molar-refractivity contribution in [1.82, 2.24) is 15.2 Å². The summed E-state index contributed by atoms with van der Waals surface area (Å²) in [4.78, 5) is 4.54. The second-order valence-corrected chi connectivity index (χ2v) is 8.33. The topological polar surface area (TPSA) is 50.7 Å². The molecule has 3 rings (SSSR count). The van der Waals surface area contributed by atoms with Gasteiger partial charge in [-0.2, -0.15) is 13.2 Å². The van der Waals surface area contributed by atoms with Crippen molar-refractivity contribution in [2.45, 2.75) is 25.3 Å². The Morgan fingerprint density at radius 2 is 2.04 bits per heavy atom. The van der Waals surface area contributed by atoms with Gasteiger partial charge < -0.3 is 4.72 Å². The molecular weight excluding hydrogens is 425 g/mol. The number of thiazole rings is 1. The summed E-state index contributed by atoms with van der Waals surface area (Å²) in [6.45, 7) is 2.08. The number of rotatable bonds is 6. The summed E-state index contributed by atoms with van der Waals surface area (Å²) < 4.78 is 39.0. The van der Waals surface area contributed by atoms with Crippen LogP contribution in [0.4, 0.5) is 18.9 Å². The lowest BCUT2D eigenvalue weighted by Gasteiger charge is -2.09. The van der Waals surface area contributed by atoms with Crippen LogP contribution in [0.2, 0.25) is 5.02 Å². The molecule has 0 aliphatic heterocycles. The van der Waals surface area contributed by atoms with Gasteiger partial charge in [-0.05, 0) is 24.6 Å². The van der Waals surface area contributed by atoms with Crippen molar-refractivity contribution in [3.63, 3.8) is 0 Å². The number of nitrogens with zero attached hydrogens (tertiary/aromatic N) is 3. The quantitative estimate of drug-likeness (QED) is 0.446. The van der Waals surface area contributed by atoms with E-state index < -0.39 is 5.51 Å². The van der Waals surface area contributed by atoms with Crippen LogP contribution in [0.25, 0.3) is 21.3 Å². The smallest absolute Gasteiger partial charge is 0.323 e. The minimum atomic E-state index is -4.37. The fourth-order valence-corrected chi connectivity index (χ4v) is 4.48. The highest BCUT2D eigenvalue weighted by Gasteiger charge is 2.29. The molecule has 26 heavy (non-hydrogen) atoms. The second kappa shape index (κ2) is 8.12. The summed E-state index contributed by atoms with van der Waals surface area (Å²) in [5.41, 5.74) is -2.80. The molecule has 0 bridgehead atoms. The Kier molecular flexibility index (Phi) is 6.06. The van der Waals surface area contributed by atoms with E-state index in [-0.39, 0.29) is 17.6 Å². The van der Waals surface area contributed by atoms with Crippen molar-refractivity contribution in [2.24, 2.45) is 0 Å². The van der Waals surface area contributed by atoms with Gasteiger partial charge in [-0.25, -0.2) is 4.98 Å². The molecule has 2 heterocycles. The first-order valence-electron chi connectivity index (χ1n) is 7.44. The van der Waals surface area contributed by atoms with Gasteiger partial charge in [0.1, 0.15) is 5.01 Å². The SMILES string of the molecule is CCCc1nnc(-c2nc(-c3ccc(NSC(F)(F)F)cc3Cl)cs2)s1. The Balaban J connectivity index is 1.78. The Labute approximate surface area is 165 Å². The highest BCUT2D eigenvalue weighted by Crippen LogP contribution is 2.36. The molecule has 3 aromatic rings. The maximum absolute atomic E-state index is 12.2. The first kappa shape index (κ1) is 19.4. The molecular formula is C15H12ClF3N4S3. The van der Waals surface area contributed by atoms with Gasteiger partial charge in [0.25, 0.3) is 0 Å². The third kappa shape index (κ3) is 4.87. The average Bonchev–Trinajstić information content (AvgIpc) is 3.22. The molecule has 0 atom stereocenters. The zero-order valence-electron chi connectivity index (χ0n) is 13.3. The summed E-state index contributed by atoms with van der Waals surface area (Å²) in [5.74, 6) is 0. The van der Waals surface area contributed by atoms with Gasteiger partial charge in [0.2, 0.25) is 0 Å². The van der Waals surface area contributed by atoms with Crippen LogP contribution >= 0.6 is 46.2 Å². The van der Waals surface area contributed by atoms with E-state index in [0.29, 0.717) is 16.3 Å². The highest BCUT2D eigenvalue weighted by molar-refractivity contribution is 8.01. The molecule has 2 aromatic heterocycles. The van der Waals surface area contributed by atoms with Crippen LogP contribution in [0.5, 0.6) is 0 Å². The Hall–Kier alpha value is -1.36. The van der Waals surface area contributed by atoms with Crippen molar-refractivity contribution in [1.29, 1.82) is 0 Å². The third-order valence-electron chi connectivity index (χ3n) is 3.15. The number of anilines is 1. The number of hydrogen-bond acceptors (Lipinski definition) is 7. The van der Waals surface area contributed by atoms with Gasteiger partial charge in [-0.15, -0.1) is 21.5 Å². The zero-order chi connectivity index (χ0) is 18.7. The lowest BCUT2D eigenvalue weighted by atomic mass is 10.1. The molecule has 138 valence electrons. The van der Waals surface area contributed by atoms with E-state index in [2.05, 4.69) is 26.8 Å². The van der Waals surface area contributed by atoms with Gasteiger partial charge in [-0.3, -0.25) is 0 Å². The number of halogens is 4. The van der Waals surface area contributed by atoms with Gasteiger partial charge in [0, 0.05) is 23.1 Å². The fourth-order valence-electron chi connectivity index (χ4n) is 2.05. The maximum Gasteiger partial charge on any atom is 0.461 e. The number of nitrogens with one attached hydrogen (secondary N) is 1. The van der Waals surface area contributed by atoms with Crippen LogP contribution in [-0.2, 0) is 6.42 Å². The van der Waals surface area contributed by atoms with E-state index in [4.69, 9.17) is 11.6 Å². The summed E-state index contributed by atoms with van der Waals surface area (Å²) in [6.07, 6.45) is 1.88. The van der Waals surface area contributed by atoms with E-state index >= 15 is 0 Å². The summed E-state index contributed by atoms with van der Waals surface area (Å²) in [7, 11) is 0. The first-order chi connectivity index (χ1) is 12.4. The number of hydrogen-bond donors (Lipinski definition) is 1. The van der Waals surface area contributed by atoms with E-state index in [9.17, 15) is 13.2 Å². The molecule has 4 nitrogen and oxygen atoms in total. The van der Waals surface area contributed by atoms with Crippen molar-refractivity contribution < 1.29 is 13.2 Å². The lowest BCUT2D eigenvalue weighted by Crippen LogP contribution is -2.04. The molecule has 0 radical (unpaired) electrons. The third-order valence-corrected chi connectivity index (χ3v) is 6.00. The van der Waals surface area contributed by atoms with Gasteiger partial charge in [-0.1, -0.05) is 29.9 Å². The molecule has 1 N–H and O–H groups in total. The molecule has 1 aromatic carbocycles. The second-order valence-electron chi connectivity index (χ2n) is 5.13. The Morgan fingerprint density at radius 3 is 2.73 bits per heavy atom. The van der Waals surface area contributed by atoms with E-state index in [1.807, 2.05) is 5.38 Å². The normalized spacial score (nSPS) is 11.7. The molecule has 0 aliphatic rings. The number of aromatic nitrogens is 3. The van der Waals surface area contributed by atoms with Gasteiger partial charge in [0.05, 0.1) is 22.7 Å². The minimum absolute atomic E-state index is 0.268. The maximum atomic E-state index is 12.2. The van der Waals surface area contributed by atoms with Crippen molar-refractivity contribution in [2.75, 3.05) is 4.72 Å². The van der Waals surface area contributed by atoms with Crippen LogP contribution in [0.3, 0.4) is 0 Å². The molecule has 11 heteroatoms. The molecule has 0 aliphatic carbocycles. The molecule has 0 fully saturated rings. The van der Waals surface area contributed by atoms with Gasteiger partial charge in [0.15, 0.2) is 10.0 Å². The van der Waals surface area contributed by atoms with Crippen molar-refractivity contribution in [3.05, 3.63) is 33.6 Å². The molecule has 0 unspecified atom stereocenters. The number of alkyl halides is 3. The molecule has 0 saturated carbocycles. The lowest BCUT2D eigenvalue weighted by molar-refractivity contribution is -0.0323. The van der Waals surface area contributed by atoms with Crippen LogP contribution < -0.4 is 4.72 Å². The zero-order valence-corrected chi connectivity index (χ0v) is 16.5. The van der Waals surface area contributed by atoms with Crippen molar-refractivity contribution in [3.8, 4) is 21.3 Å². The van der Waals surface area contributed by atoms with Crippen molar-refractivity contribution >= 4 is 51.9 Å². The Bertz CT molecular complexity index is 894. The van der Waals surface area contributed by atoms with Gasteiger partial charge >= 0.3 is 5.51 Å². The summed E-state index contributed by atoms with van der Waals surface area (Å²) >= 11 is 8.83. The van der Waals surface area contributed by atoms with E-state index in [0.717, 1.165) is 27.9 Å². The summed E-state index contributed by atoms with van der Waals surface area (Å²) in [5, 5.41) is 12.9.